The van der Waals surface area contributed by atoms with Gasteiger partial charge in [0.05, 0.1) is 6.61 Å². The standard InChI is InChI=1S/C12H20O11/c13-1-2-3(14)6(17)9(19)12(22-2)10(23-12)8-5(16)4(15)7(18)11(20)21-8/h2-11,13-20H,1H2/t2-,3-,4+,5+,6+,7-,8+,9-,10-,11-,12+/m1/s1. The SMILES string of the molecule is OC[C@H]1O[C@]2(O[C@@H]2[C@H]2O[C@@H](O)[C@H](O)[C@@H](O)[C@@H]2O)[C@H](O)[C@@H](O)[C@@H]1O. The van der Waals surface area contributed by atoms with Gasteiger partial charge in [-0.1, -0.05) is 0 Å². The first-order valence-electron chi connectivity index (χ1n) is 7.13. The van der Waals surface area contributed by atoms with Gasteiger partial charge in [0.1, 0.15) is 54.9 Å². The highest BCUT2D eigenvalue weighted by Gasteiger charge is 2.74. The number of aliphatic hydroxyl groups is 8. The number of hydrogen-bond acceptors (Lipinski definition) is 11. The van der Waals surface area contributed by atoms with Crippen LogP contribution in [0.15, 0.2) is 0 Å². The molecular weight excluding hydrogens is 320 g/mol. The molecule has 0 aromatic rings. The van der Waals surface area contributed by atoms with E-state index in [-0.39, 0.29) is 0 Å². The molecule has 134 valence electrons. The van der Waals surface area contributed by atoms with Crippen molar-refractivity contribution >= 4 is 0 Å². The van der Waals surface area contributed by atoms with E-state index in [1.54, 1.807) is 0 Å². The lowest BCUT2D eigenvalue weighted by Gasteiger charge is -2.41. The first-order chi connectivity index (χ1) is 10.7. The zero-order valence-electron chi connectivity index (χ0n) is 11.8. The molecule has 3 aliphatic heterocycles. The fourth-order valence-electron chi connectivity index (χ4n) is 3.10. The Kier molecular flexibility index (Phi) is 4.40. The molecule has 0 bridgehead atoms. The largest absolute Gasteiger partial charge is 0.394 e. The summed E-state index contributed by atoms with van der Waals surface area (Å²) in [6, 6.07) is 0. The third-order valence-electron chi connectivity index (χ3n) is 4.56. The minimum absolute atomic E-state index is 0.666. The van der Waals surface area contributed by atoms with Crippen LogP contribution in [0.25, 0.3) is 0 Å². The number of aliphatic hydroxyl groups excluding tert-OH is 8. The summed E-state index contributed by atoms with van der Waals surface area (Å²) >= 11 is 0. The molecule has 11 heteroatoms. The normalized spacial score (nSPS) is 60.0. The summed E-state index contributed by atoms with van der Waals surface area (Å²) in [5.74, 6) is -1.88. The van der Waals surface area contributed by atoms with Gasteiger partial charge in [0, 0.05) is 0 Å². The van der Waals surface area contributed by atoms with Crippen molar-refractivity contribution in [3.8, 4) is 0 Å². The van der Waals surface area contributed by atoms with Gasteiger partial charge in [-0.05, 0) is 0 Å². The first kappa shape index (κ1) is 17.4. The molecule has 23 heavy (non-hydrogen) atoms. The molecule has 0 aliphatic carbocycles. The van der Waals surface area contributed by atoms with Crippen LogP contribution in [0, 0.1) is 0 Å². The van der Waals surface area contributed by atoms with Crippen molar-refractivity contribution in [2.45, 2.75) is 67.0 Å². The fraction of sp³-hybridized carbons (Fsp3) is 1.00. The quantitative estimate of drug-likeness (QED) is 0.223. The topological polar surface area (TPSA) is 193 Å². The number of epoxide rings is 1. The molecule has 3 heterocycles. The Morgan fingerprint density at radius 2 is 1.39 bits per heavy atom. The molecule has 0 aromatic carbocycles. The van der Waals surface area contributed by atoms with E-state index in [0.29, 0.717) is 0 Å². The van der Waals surface area contributed by atoms with Crippen molar-refractivity contribution in [3.63, 3.8) is 0 Å². The van der Waals surface area contributed by atoms with Crippen LogP contribution in [-0.4, -0.2) is 114 Å². The predicted molar refractivity (Wildman–Crippen MR) is 66.5 cm³/mol. The van der Waals surface area contributed by atoms with E-state index in [2.05, 4.69) is 0 Å². The average molecular weight is 340 g/mol. The minimum Gasteiger partial charge on any atom is -0.394 e. The second kappa shape index (κ2) is 5.82. The van der Waals surface area contributed by atoms with Crippen molar-refractivity contribution in [1.29, 1.82) is 0 Å². The second-order valence-electron chi connectivity index (χ2n) is 5.99. The average Bonchev–Trinajstić information content (AvgIpc) is 3.25. The number of ether oxygens (including phenoxy) is 3. The fourth-order valence-corrected chi connectivity index (χ4v) is 3.10. The van der Waals surface area contributed by atoms with Crippen LogP contribution < -0.4 is 0 Å². The summed E-state index contributed by atoms with van der Waals surface area (Å²) in [6.07, 6.45) is -15.7. The van der Waals surface area contributed by atoms with Gasteiger partial charge in [-0.25, -0.2) is 0 Å². The van der Waals surface area contributed by atoms with Crippen molar-refractivity contribution in [2.24, 2.45) is 0 Å². The van der Waals surface area contributed by atoms with E-state index in [1.165, 1.54) is 0 Å². The van der Waals surface area contributed by atoms with Crippen molar-refractivity contribution in [3.05, 3.63) is 0 Å². The van der Waals surface area contributed by atoms with Gasteiger partial charge >= 0.3 is 0 Å². The Hall–Kier alpha value is -0.440. The predicted octanol–water partition coefficient (Wildman–Crippen LogP) is -5.64. The van der Waals surface area contributed by atoms with E-state index < -0.39 is 73.6 Å². The Morgan fingerprint density at radius 1 is 0.739 bits per heavy atom. The van der Waals surface area contributed by atoms with Crippen molar-refractivity contribution in [2.75, 3.05) is 6.61 Å². The van der Waals surface area contributed by atoms with E-state index in [1.807, 2.05) is 0 Å². The molecule has 0 saturated carbocycles. The lowest BCUT2D eigenvalue weighted by Crippen LogP contribution is -2.64. The molecule has 0 radical (unpaired) electrons. The summed E-state index contributed by atoms with van der Waals surface area (Å²) in [4.78, 5) is 0. The highest BCUT2D eigenvalue weighted by Crippen LogP contribution is 2.50. The van der Waals surface area contributed by atoms with Crippen LogP contribution >= 0.6 is 0 Å². The molecule has 0 amide bonds. The van der Waals surface area contributed by atoms with Crippen molar-refractivity contribution in [1.82, 2.24) is 0 Å². The molecule has 3 aliphatic rings. The molecular formula is C12H20O11. The molecule has 8 N–H and O–H groups in total. The Labute approximate surface area is 129 Å². The molecule has 11 atom stereocenters. The van der Waals surface area contributed by atoms with Gasteiger partial charge in [0.25, 0.3) is 0 Å². The summed E-state index contributed by atoms with van der Waals surface area (Å²) in [5, 5.41) is 77.4. The monoisotopic (exact) mass is 340 g/mol. The summed E-state index contributed by atoms with van der Waals surface area (Å²) in [7, 11) is 0. The third kappa shape index (κ3) is 2.49. The molecule has 0 unspecified atom stereocenters. The summed E-state index contributed by atoms with van der Waals surface area (Å²) in [6.45, 7) is -0.666. The van der Waals surface area contributed by atoms with Crippen LogP contribution in [0.5, 0.6) is 0 Å². The van der Waals surface area contributed by atoms with Crippen LogP contribution in [0.1, 0.15) is 0 Å². The highest BCUT2D eigenvalue weighted by molar-refractivity contribution is 5.14. The second-order valence-corrected chi connectivity index (χ2v) is 5.99. The van der Waals surface area contributed by atoms with E-state index in [0.717, 1.165) is 0 Å². The smallest absolute Gasteiger partial charge is 0.228 e. The van der Waals surface area contributed by atoms with E-state index in [4.69, 9.17) is 19.3 Å². The molecule has 1 spiro atoms. The molecule has 0 aromatic heterocycles. The number of rotatable bonds is 2. The zero-order valence-corrected chi connectivity index (χ0v) is 11.8. The Balaban J connectivity index is 1.79. The zero-order chi connectivity index (χ0) is 17.1. The third-order valence-corrected chi connectivity index (χ3v) is 4.56. The molecule has 3 saturated heterocycles. The van der Waals surface area contributed by atoms with Crippen LogP contribution in [-0.2, 0) is 14.2 Å². The lowest BCUT2D eigenvalue weighted by molar-refractivity contribution is -0.291. The van der Waals surface area contributed by atoms with Gasteiger partial charge < -0.3 is 55.1 Å². The van der Waals surface area contributed by atoms with Gasteiger partial charge in [0.15, 0.2) is 6.29 Å². The lowest BCUT2D eigenvalue weighted by atomic mass is 9.88. The summed E-state index contributed by atoms with van der Waals surface area (Å²) < 4.78 is 15.5. The molecule has 3 rings (SSSR count). The maximum absolute atomic E-state index is 10.1. The van der Waals surface area contributed by atoms with Crippen LogP contribution in [0.4, 0.5) is 0 Å². The minimum atomic E-state index is -1.88. The summed E-state index contributed by atoms with van der Waals surface area (Å²) in [5.41, 5.74) is 0. The number of hydrogen-bond donors (Lipinski definition) is 8. The van der Waals surface area contributed by atoms with Gasteiger partial charge in [0.2, 0.25) is 5.79 Å². The molecule has 3 fully saturated rings. The molecule has 11 nitrogen and oxygen atoms in total. The Morgan fingerprint density at radius 3 is 2.00 bits per heavy atom. The highest BCUT2D eigenvalue weighted by atomic mass is 16.8. The maximum atomic E-state index is 10.1. The maximum Gasteiger partial charge on any atom is 0.228 e. The van der Waals surface area contributed by atoms with Gasteiger partial charge in [-0.2, -0.15) is 0 Å². The van der Waals surface area contributed by atoms with Gasteiger partial charge in [-0.3, -0.25) is 0 Å². The van der Waals surface area contributed by atoms with E-state index >= 15 is 0 Å². The van der Waals surface area contributed by atoms with Crippen LogP contribution in [0.3, 0.4) is 0 Å². The van der Waals surface area contributed by atoms with Crippen LogP contribution in [0.2, 0.25) is 0 Å². The van der Waals surface area contributed by atoms with Crippen molar-refractivity contribution < 1.29 is 55.1 Å². The first-order valence-corrected chi connectivity index (χ1v) is 7.13. The van der Waals surface area contributed by atoms with Gasteiger partial charge in [-0.15, -0.1) is 0 Å². The van der Waals surface area contributed by atoms with E-state index in [9.17, 15) is 35.7 Å². The Bertz CT molecular complexity index is 447.